The molecular formula is C8H17ClO. The standard InChI is InChI=1S/C8H17ClO/c1-8(9)6-4-2-3-5-7-10/h8,10H,2-7H2,1H3. The van der Waals surface area contributed by atoms with Gasteiger partial charge in [0.1, 0.15) is 0 Å². The van der Waals surface area contributed by atoms with Gasteiger partial charge in [0.2, 0.25) is 0 Å². The number of halogens is 1. The van der Waals surface area contributed by atoms with Crippen LogP contribution in [0.25, 0.3) is 0 Å². The smallest absolute Gasteiger partial charge is 0.0431 e. The molecule has 2 heteroatoms. The first-order chi connectivity index (χ1) is 4.77. The Balaban J connectivity index is 2.77. The largest absolute Gasteiger partial charge is 0.396 e. The van der Waals surface area contributed by atoms with Crippen molar-refractivity contribution in [1.29, 1.82) is 0 Å². The van der Waals surface area contributed by atoms with Crippen molar-refractivity contribution in [1.82, 2.24) is 0 Å². The minimum Gasteiger partial charge on any atom is -0.396 e. The van der Waals surface area contributed by atoms with Crippen molar-refractivity contribution < 1.29 is 5.11 Å². The first kappa shape index (κ1) is 10.2. The lowest BCUT2D eigenvalue weighted by Crippen LogP contribution is -1.90. The van der Waals surface area contributed by atoms with E-state index in [1.54, 1.807) is 0 Å². The molecule has 0 radical (unpaired) electrons. The van der Waals surface area contributed by atoms with Gasteiger partial charge in [0.15, 0.2) is 0 Å². The molecule has 0 aromatic rings. The van der Waals surface area contributed by atoms with Crippen molar-refractivity contribution in [3.05, 3.63) is 0 Å². The fourth-order valence-corrected chi connectivity index (χ4v) is 1.05. The summed E-state index contributed by atoms with van der Waals surface area (Å²) in [6.45, 7) is 2.35. The zero-order valence-electron chi connectivity index (χ0n) is 6.65. The monoisotopic (exact) mass is 164 g/mol. The summed E-state index contributed by atoms with van der Waals surface area (Å²) < 4.78 is 0. The van der Waals surface area contributed by atoms with Crippen LogP contribution in [0.15, 0.2) is 0 Å². The first-order valence-electron chi connectivity index (χ1n) is 4.02. The molecule has 0 aliphatic carbocycles. The molecule has 62 valence electrons. The van der Waals surface area contributed by atoms with E-state index < -0.39 is 0 Å². The van der Waals surface area contributed by atoms with Crippen LogP contribution < -0.4 is 0 Å². The normalized spacial score (nSPS) is 13.5. The Bertz CT molecular complexity index is 64.3. The van der Waals surface area contributed by atoms with Crippen LogP contribution in [-0.2, 0) is 0 Å². The van der Waals surface area contributed by atoms with Crippen molar-refractivity contribution in [3.63, 3.8) is 0 Å². The number of rotatable bonds is 6. The molecule has 0 aromatic heterocycles. The van der Waals surface area contributed by atoms with Crippen molar-refractivity contribution in [3.8, 4) is 0 Å². The van der Waals surface area contributed by atoms with Gasteiger partial charge < -0.3 is 5.11 Å². The van der Waals surface area contributed by atoms with Crippen LogP contribution in [0.2, 0.25) is 0 Å². The number of aliphatic hydroxyl groups excluding tert-OH is 1. The van der Waals surface area contributed by atoms with Crippen LogP contribution in [0, 0.1) is 0 Å². The molecule has 0 amide bonds. The Labute approximate surface area is 68.4 Å². The lowest BCUT2D eigenvalue weighted by Gasteiger charge is -2.00. The molecule has 0 saturated carbocycles. The Morgan fingerprint density at radius 2 is 1.80 bits per heavy atom. The third kappa shape index (κ3) is 8.25. The van der Waals surface area contributed by atoms with E-state index in [-0.39, 0.29) is 0 Å². The van der Waals surface area contributed by atoms with Crippen LogP contribution in [-0.4, -0.2) is 17.1 Å². The number of hydrogen-bond donors (Lipinski definition) is 1. The van der Waals surface area contributed by atoms with Gasteiger partial charge >= 0.3 is 0 Å². The van der Waals surface area contributed by atoms with Gasteiger partial charge in [-0.15, -0.1) is 11.6 Å². The maximum absolute atomic E-state index is 8.45. The summed E-state index contributed by atoms with van der Waals surface area (Å²) in [7, 11) is 0. The predicted octanol–water partition coefficient (Wildman–Crippen LogP) is 2.56. The van der Waals surface area contributed by atoms with Crippen LogP contribution in [0.5, 0.6) is 0 Å². The van der Waals surface area contributed by atoms with Gasteiger partial charge in [-0.25, -0.2) is 0 Å². The highest BCUT2D eigenvalue weighted by Gasteiger charge is 1.94. The first-order valence-corrected chi connectivity index (χ1v) is 4.46. The van der Waals surface area contributed by atoms with Crippen molar-refractivity contribution in [2.75, 3.05) is 6.61 Å². The molecule has 0 aromatic carbocycles. The molecule has 0 aliphatic rings. The van der Waals surface area contributed by atoms with Gasteiger partial charge in [0.05, 0.1) is 0 Å². The number of alkyl halides is 1. The molecule has 0 fully saturated rings. The van der Waals surface area contributed by atoms with Crippen LogP contribution in [0.1, 0.15) is 39.0 Å². The molecule has 1 N–H and O–H groups in total. The van der Waals surface area contributed by atoms with E-state index in [1.165, 1.54) is 12.8 Å². The van der Waals surface area contributed by atoms with E-state index in [0.29, 0.717) is 12.0 Å². The Hall–Kier alpha value is 0.250. The molecule has 10 heavy (non-hydrogen) atoms. The summed E-state index contributed by atoms with van der Waals surface area (Å²) in [5.74, 6) is 0. The Morgan fingerprint density at radius 1 is 1.20 bits per heavy atom. The van der Waals surface area contributed by atoms with E-state index in [0.717, 1.165) is 19.3 Å². The highest BCUT2D eigenvalue weighted by molar-refractivity contribution is 6.20. The lowest BCUT2D eigenvalue weighted by molar-refractivity contribution is 0.282. The number of unbranched alkanes of at least 4 members (excludes halogenated alkanes) is 3. The van der Waals surface area contributed by atoms with Gasteiger partial charge in [0, 0.05) is 12.0 Å². The molecule has 0 saturated heterocycles. The zero-order chi connectivity index (χ0) is 7.82. The average Bonchev–Trinajstić information content (AvgIpc) is 1.87. The van der Waals surface area contributed by atoms with Crippen molar-refractivity contribution in [2.45, 2.75) is 44.4 Å². The van der Waals surface area contributed by atoms with Crippen molar-refractivity contribution >= 4 is 11.6 Å². The maximum Gasteiger partial charge on any atom is 0.0431 e. The van der Waals surface area contributed by atoms with Gasteiger partial charge in [-0.05, 0) is 19.8 Å². The molecule has 1 nitrogen and oxygen atoms in total. The summed E-state index contributed by atoms with van der Waals surface area (Å²) in [5.41, 5.74) is 0. The predicted molar refractivity (Wildman–Crippen MR) is 45.5 cm³/mol. The third-order valence-corrected chi connectivity index (χ3v) is 1.73. The Kier molecular flexibility index (Phi) is 7.54. The van der Waals surface area contributed by atoms with E-state index in [1.807, 2.05) is 6.92 Å². The number of aliphatic hydroxyl groups is 1. The molecule has 0 aliphatic heterocycles. The van der Waals surface area contributed by atoms with E-state index in [9.17, 15) is 0 Å². The van der Waals surface area contributed by atoms with E-state index >= 15 is 0 Å². The van der Waals surface area contributed by atoms with E-state index in [4.69, 9.17) is 16.7 Å². The summed E-state index contributed by atoms with van der Waals surface area (Å²) in [6, 6.07) is 0. The quantitative estimate of drug-likeness (QED) is 0.473. The minimum atomic E-state index is 0.314. The lowest BCUT2D eigenvalue weighted by atomic mass is 10.1. The summed E-state index contributed by atoms with van der Waals surface area (Å²) >= 11 is 5.74. The van der Waals surface area contributed by atoms with Gasteiger partial charge in [0.25, 0.3) is 0 Å². The van der Waals surface area contributed by atoms with Crippen LogP contribution in [0.3, 0.4) is 0 Å². The molecule has 0 heterocycles. The van der Waals surface area contributed by atoms with Crippen molar-refractivity contribution in [2.24, 2.45) is 0 Å². The second kappa shape index (κ2) is 7.36. The SMILES string of the molecule is CC(Cl)CCCCCCO. The molecule has 0 bridgehead atoms. The number of hydrogen-bond acceptors (Lipinski definition) is 1. The summed E-state index contributed by atoms with van der Waals surface area (Å²) in [5, 5.41) is 8.76. The minimum absolute atomic E-state index is 0.314. The zero-order valence-corrected chi connectivity index (χ0v) is 7.40. The topological polar surface area (TPSA) is 20.2 Å². The fraction of sp³-hybridized carbons (Fsp3) is 1.00. The summed E-state index contributed by atoms with van der Waals surface area (Å²) in [4.78, 5) is 0. The third-order valence-electron chi connectivity index (χ3n) is 1.51. The second-order valence-electron chi connectivity index (χ2n) is 2.71. The molecule has 1 unspecified atom stereocenters. The highest BCUT2D eigenvalue weighted by Crippen LogP contribution is 2.08. The average molecular weight is 165 g/mol. The molecule has 1 atom stereocenters. The fourth-order valence-electron chi connectivity index (χ4n) is 0.891. The summed E-state index contributed by atoms with van der Waals surface area (Å²) in [6.07, 6.45) is 5.59. The highest BCUT2D eigenvalue weighted by atomic mass is 35.5. The second-order valence-corrected chi connectivity index (χ2v) is 3.45. The van der Waals surface area contributed by atoms with E-state index in [2.05, 4.69) is 0 Å². The molecule has 0 spiro atoms. The maximum atomic E-state index is 8.45. The van der Waals surface area contributed by atoms with Gasteiger partial charge in [-0.2, -0.15) is 0 Å². The van der Waals surface area contributed by atoms with Gasteiger partial charge in [-0.3, -0.25) is 0 Å². The van der Waals surface area contributed by atoms with Gasteiger partial charge in [-0.1, -0.05) is 19.3 Å². The molecule has 0 rings (SSSR count). The van der Waals surface area contributed by atoms with Crippen LogP contribution in [0.4, 0.5) is 0 Å². The Morgan fingerprint density at radius 3 is 2.30 bits per heavy atom. The molecular weight excluding hydrogens is 148 g/mol. The van der Waals surface area contributed by atoms with Crippen LogP contribution >= 0.6 is 11.6 Å².